The number of piperidine rings is 2. The van der Waals surface area contributed by atoms with E-state index < -0.39 is 0 Å². The Balaban J connectivity index is 1.72. The molecule has 3 nitrogen and oxygen atoms in total. The number of aromatic hydroxyl groups is 1. The average Bonchev–Trinajstić information content (AvgIpc) is 2.58. The quantitative estimate of drug-likeness (QED) is 0.929. The third-order valence-electron chi connectivity index (χ3n) is 5.69. The Bertz CT molecular complexity index is 770. The number of Topliss-reactive ketones (excluding diaryl/α,β-unsaturated/α-hetero) is 1. The van der Waals surface area contributed by atoms with E-state index in [-0.39, 0.29) is 17.7 Å². The summed E-state index contributed by atoms with van der Waals surface area (Å²) in [5, 5.41) is 9.90. The maximum absolute atomic E-state index is 12.5. The van der Waals surface area contributed by atoms with Crippen molar-refractivity contribution in [3.63, 3.8) is 0 Å². The van der Waals surface area contributed by atoms with Crippen molar-refractivity contribution in [1.29, 1.82) is 0 Å². The lowest BCUT2D eigenvalue weighted by Gasteiger charge is -2.51. The van der Waals surface area contributed by atoms with Crippen LogP contribution < -0.4 is 0 Å². The van der Waals surface area contributed by atoms with Crippen molar-refractivity contribution in [2.24, 2.45) is 5.92 Å². The Morgan fingerprint density at radius 3 is 2.71 bits per heavy atom. The van der Waals surface area contributed by atoms with E-state index in [4.69, 9.17) is 0 Å². The summed E-state index contributed by atoms with van der Waals surface area (Å²) in [4.78, 5) is 15.0. The fraction of sp³-hybridized carbons (Fsp3) is 0.381. The van der Waals surface area contributed by atoms with Gasteiger partial charge in [-0.25, -0.2) is 0 Å². The number of nitrogens with zero attached hydrogens (tertiary/aromatic N) is 1. The van der Waals surface area contributed by atoms with Crippen LogP contribution in [0.1, 0.15) is 42.0 Å². The van der Waals surface area contributed by atoms with Crippen LogP contribution in [0, 0.1) is 12.8 Å². The minimum atomic E-state index is 0.0563. The molecule has 2 aliphatic heterocycles. The van der Waals surface area contributed by atoms with Gasteiger partial charge in [-0.1, -0.05) is 36.4 Å². The summed E-state index contributed by atoms with van der Waals surface area (Å²) in [6, 6.07) is 16.3. The molecule has 5 rings (SSSR count). The van der Waals surface area contributed by atoms with E-state index in [1.807, 2.05) is 18.2 Å². The van der Waals surface area contributed by atoms with Gasteiger partial charge < -0.3 is 5.11 Å². The van der Waals surface area contributed by atoms with E-state index in [0.29, 0.717) is 18.2 Å². The minimum absolute atomic E-state index is 0.0563. The summed E-state index contributed by atoms with van der Waals surface area (Å²) in [6.07, 6.45) is 2.73. The molecule has 0 aromatic heterocycles. The van der Waals surface area contributed by atoms with Gasteiger partial charge in [-0.05, 0) is 48.6 Å². The number of carbonyl (C=O) groups is 1. The predicted octanol–water partition coefficient (Wildman–Crippen LogP) is 4.00. The number of benzene rings is 2. The molecule has 1 saturated carbocycles. The lowest BCUT2D eigenvalue weighted by atomic mass is 9.71. The number of rotatable bonds is 3. The average molecular weight is 321 g/mol. The second-order valence-electron chi connectivity index (χ2n) is 7.15. The van der Waals surface area contributed by atoms with Crippen molar-refractivity contribution < 1.29 is 9.90 Å². The molecule has 0 radical (unpaired) electrons. The maximum Gasteiger partial charge on any atom is 0.139 e. The van der Waals surface area contributed by atoms with Crippen molar-refractivity contribution >= 4 is 5.78 Å². The lowest BCUT2D eigenvalue weighted by molar-refractivity contribution is -0.138. The number of phenolic OH excluding ortho intramolecular Hbond substituents is 1. The number of phenols is 1. The Labute approximate surface area is 142 Å². The van der Waals surface area contributed by atoms with Crippen molar-refractivity contribution in [2.75, 3.05) is 0 Å². The summed E-state index contributed by atoms with van der Waals surface area (Å²) in [6.45, 7) is 3.01. The van der Waals surface area contributed by atoms with E-state index in [1.165, 1.54) is 11.1 Å². The van der Waals surface area contributed by atoms with Gasteiger partial charge in [0.05, 0.1) is 0 Å². The summed E-state index contributed by atoms with van der Waals surface area (Å²) in [7, 11) is 0. The normalized spacial score (nSPS) is 26.7. The highest BCUT2D eigenvalue weighted by atomic mass is 16.3. The fourth-order valence-electron chi connectivity index (χ4n) is 4.44. The number of aryl methyl sites for hydroxylation is 1. The first-order valence-electron chi connectivity index (χ1n) is 8.75. The van der Waals surface area contributed by atoms with Gasteiger partial charge in [-0.2, -0.15) is 0 Å². The molecule has 24 heavy (non-hydrogen) atoms. The van der Waals surface area contributed by atoms with Gasteiger partial charge in [0.15, 0.2) is 0 Å². The smallest absolute Gasteiger partial charge is 0.139 e. The molecule has 2 aromatic rings. The molecule has 2 aromatic carbocycles. The van der Waals surface area contributed by atoms with Crippen molar-refractivity contribution in [1.82, 2.24) is 4.90 Å². The molecule has 124 valence electrons. The van der Waals surface area contributed by atoms with Gasteiger partial charge in [0, 0.05) is 31.0 Å². The van der Waals surface area contributed by atoms with Gasteiger partial charge in [-0.3, -0.25) is 9.69 Å². The van der Waals surface area contributed by atoms with Crippen LogP contribution in [0.4, 0.5) is 0 Å². The summed E-state index contributed by atoms with van der Waals surface area (Å²) < 4.78 is 0. The molecule has 0 amide bonds. The Morgan fingerprint density at radius 1 is 1.12 bits per heavy atom. The zero-order chi connectivity index (χ0) is 16.7. The van der Waals surface area contributed by atoms with Crippen LogP contribution >= 0.6 is 0 Å². The van der Waals surface area contributed by atoms with Gasteiger partial charge in [0.1, 0.15) is 11.5 Å². The first-order chi connectivity index (χ1) is 11.6. The number of fused-ring (bicyclic) bond motifs is 3. The second-order valence-corrected chi connectivity index (χ2v) is 7.15. The Morgan fingerprint density at radius 2 is 1.96 bits per heavy atom. The molecule has 3 atom stereocenters. The van der Waals surface area contributed by atoms with Crippen molar-refractivity contribution in [3.05, 3.63) is 65.2 Å². The zero-order valence-corrected chi connectivity index (χ0v) is 14.0. The molecule has 0 spiro atoms. The second kappa shape index (κ2) is 6.06. The topological polar surface area (TPSA) is 40.5 Å². The summed E-state index contributed by atoms with van der Waals surface area (Å²) in [5.74, 6) is 0.721. The summed E-state index contributed by atoms with van der Waals surface area (Å²) >= 11 is 0. The largest absolute Gasteiger partial charge is 0.508 e. The molecule has 3 unspecified atom stereocenters. The first kappa shape index (κ1) is 15.4. The van der Waals surface area contributed by atoms with Crippen molar-refractivity contribution in [3.8, 4) is 5.75 Å². The van der Waals surface area contributed by atoms with Crippen LogP contribution in [0.25, 0.3) is 0 Å². The molecule has 3 fully saturated rings. The van der Waals surface area contributed by atoms with Crippen molar-refractivity contribution in [2.45, 2.75) is 44.8 Å². The Kier molecular flexibility index (Phi) is 3.89. The molecule has 1 aliphatic carbocycles. The number of carbonyl (C=O) groups excluding carboxylic acids is 1. The van der Waals surface area contributed by atoms with Crippen LogP contribution in [0.5, 0.6) is 5.75 Å². The predicted molar refractivity (Wildman–Crippen MR) is 93.7 cm³/mol. The van der Waals surface area contributed by atoms with E-state index in [2.05, 4.69) is 36.1 Å². The maximum atomic E-state index is 12.5. The highest BCUT2D eigenvalue weighted by Crippen LogP contribution is 2.46. The number of hydrogen-bond donors (Lipinski definition) is 1. The number of ketones is 1. The van der Waals surface area contributed by atoms with E-state index in [1.54, 1.807) is 6.07 Å². The van der Waals surface area contributed by atoms with Crippen LogP contribution in [0.15, 0.2) is 48.5 Å². The molecule has 2 heterocycles. The van der Waals surface area contributed by atoms with E-state index in [0.717, 1.165) is 24.9 Å². The van der Waals surface area contributed by atoms with Crippen LogP contribution in [-0.4, -0.2) is 21.8 Å². The van der Waals surface area contributed by atoms with Gasteiger partial charge in [0.25, 0.3) is 0 Å². The highest BCUT2D eigenvalue weighted by Gasteiger charge is 2.47. The van der Waals surface area contributed by atoms with Crippen LogP contribution in [0.3, 0.4) is 0 Å². The monoisotopic (exact) mass is 321 g/mol. The van der Waals surface area contributed by atoms with Crippen LogP contribution in [-0.2, 0) is 11.3 Å². The highest BCUT2D eigenvalue weighted by molar-refractivity contribution is 5.84. The van der Waals surface area contributed by atoms with E-state index in [9.17, 15) is 9.90 Å². The molecule has 3 aliphatic rings. The van der Waals surface area contributed by atoms with Gasteiger partial charge in [0.2, 0.25) is 0 Å². The minimum Gasteiger partial charge on any atom is -0.508 e. The molecule has 2 saturated heterocycles. The van der Waals surface area contributed by atoms with E-state index >= 15 is 0 Å². The van der Waals surface area contributed by atoms with Gasteiger partial charge >= 0.3 is 0 Å². The molecule has 3 heteroatoms. The lowest BCUT2D eigenvalue weighted by Crippen LogP contribution is -2.53. The number of hydrogen-bond acceptors (Lipinski definition) is 3. The molecular formula is C21H23NO2. The summed E-state index contributed by atoms with van der Waals surface area (Å²) in [5.41, 5.74) is 3.67. The fourth-order valence-corrected chi connectivity index (χ4v) is 4.44. The SMILES string of the molecule is Cc1ccccc1CN1C2CCC(C(=O)C2)C1c1cccc(O)c1. The third-order valence-corrected chi connectivity index (χ3v) is 5.69. The van der Waals surface area contributed by atoms with Gasteiger partial charge in [-0.15, -0.1) is 0 Å². The standard InChI is InChI=1S/C21H23NO2/c1-14-5-2-3-6-16(14)13-22-17-9-10-19(20(24)12-17)21(22)15-7-4-8-18(23)11-15/h2-8,11,17,19,21,23H,9-10,12-13H2,1H3. The Hall–Kier alpha value is -2.13. The molecule has 2 bridgehead atoms. The van der Waals surface area contributed by atoms with Crippen LogP contribution in [0.2, 0.25) is 0 Å². The first-order valence-corrected chi connectivity index (χ1v) is 8.75. The zero-order valence-electron chi connectivity index (χ0n) is 14.0. The third kappa shape index (κ3) is 2.63. The molecular weight excluding hydrogens is 298 g/mol. The molecule has 1 N–H and O–H groups in total.